The first-order valence-corrected chi connectivity index (χ1v) is 11.7. The van der Waals surface area contributed by atoms with E-state index in [0.717, 1.165) is 33.4 Å². The molecule has 6 aromatic rings. The molecule has 2 atom stereocenters. The number of Topliss-reactive ketones (excluding diaryl/α,β-unsaturated/α-hetero) is 2. The van der Waals surface area contributed by atoms with Gasteiger partial charge in [-0.25, -0.2) is 0 Å². The van der Waals surface area contributed by atoms with Crippen LogP contribution in [0.1, 0.15) is 34.1 Å². The molecule has 6 aromatic carbocycles. The summed E-state index contributed by atoms with van der Waals surface area (Å²) >= 11 is 0. The van der Waals surface area contributed by atoms with Crippen molar-refractivity contribution in [1.29, 1.82) is 0 Å². The lowest BCUT2D eigenvalue weighted by atomic mass is 9.62. The van der Waals surface area contributed by atoms with Crippen LogP contribution in [0.3, 0.4) is 0 Å². The van der Waals surface area contributed by atoms with Gasteiger partial charge < -0.3 is 0 Å². The number of fused-ring (bicyclic) bond motifs is 1. The quantitative estimate of drug-likeness (QED) is 0.207. The molecule has 0 fully saturated rings. The molecule has 158 valence electrons. The summed E-state index contributed by atoms with van der Waals surface area (Å²) in [6.45, 7) is 0. The molecule has 0 aromatic heterocycles. The lowest BCUT2D eigenvalue weighted by Gasteiger charge is -2.38. The second kappa shape index (κ2) is 6.18. The molecule has 2 bridgehead atoms. The highest BCUT2D eigenvalue weighted by atomic mass is 16.2. The molecule has 0 aliphatic heterocycles. The minimum atomic E-state index is -0.497. The molecule has 0 saturated carbocycles. The largest absolute Gasteiger partial charge is 0.290 e. The van der Waals surface area contributed by atoms with Gasteiger partial charge in [0.1, 0.15) is 0 Å². The van der Waals surface area contributed by atoms with Crippen LogP contribution in [0.5, 0.6) is 0 Å². The molecule has 0 amide bonds. The summed E-state index contributed by atoms with van der Waals surface area (Å²) in [5.74, 6) is -1.52. The minimum Gasteiger partial charge on any atom is -0.290 e. The van der Waals surface area contributed by atoms with Crippen LogP contribution in [0.4, 0.5) is 0 Å². The van der Waals surface area contributed by atoms with Gasteiger partial charge in [-0.1, -0.05) is 91.0 Å². The van der Waals surface area contributed by atoms with E-state index in [1.807, 2.05) is 24.3 Å². The highest BCUT2D eigenvalue weighted by Crippen LogP contribution is 2.50. The number of benzene rings is 6. The summed E-state index contributed by atoms with van der Waals surface area (Å²) in [4.78, 5) is 25.9. The number of carbonyl (C=O) groups is 2. The maximum absolute atomic E-state index is 13.1. The van der Waals surface area contributed by atoms with E-state index < -0.39 is 11.8 Å². The monoisotopic (exact) mass is 434 g/mol. The van der Waals surface area contributed by atoms with Crippen molar-refractivity contribution in [2.45, 2.75) is 11.8 Å². The van der Waals surface area contributed by atoms with Crippen molar-refractivity contribution in [3.63, 3.8) is 0 Å². The maximum Gasteiger partial charge on any atom is 0.211 e. The summed E-state index contributed by atoms with van der Waals surface area (Å²) in [6.07, 6.45) is 0. The van der Waals surface area contributed by atoms with Crippen LogP contribution in [-0.4, -0.2) is 11.6 Å². The number of ketones is 2. The lowest BCUT2D eigenvalue weighted by Crippen LogP contribution is -2.40. The summed E-state index contributed by atoms with van der Waals surface area (Å²) in [7, 11) is 0. The van der Waals surface area contributed by atoms with E-state index in [1.165, 1.54) is 32.3 Å². The molecule has 0 spiro atoms. The first-order chi connectivity index (χ1) is 16.7. The minimum absolute atomic E-state index is 0.272. The summed E-state index contributed by atoms with van der Waals surface area (Å²) in [5, 5.41) is 7.52. The van der Waals surface area contributed by atoms with E-state index in [0.29, 0.717) is 0 Å². The zero-order chi connectivity index (χ0) is 22.6. The van der Waals surface area contributed by atoms with Crippen LogP contribution < -0.4 is 0 Å². The molecule has 9 rings (SSSR count). The Morgan fingerprint density at radius 1 is 0.471 bits per heavy atom. The van der Waals surface area contributed by atoms with Crippen LogP contribution in [0.2, 0.25) is 0 Å². The third-order valence-electron chi connectivity index (χ3n) is 7.93. The van der Waals surface area contributed by atoms with Gasteiger partial charge in [-0.05, 0) is 71.8 Å². The van der Waals surface area contributed by atoms with E-state index in [9.17, 15) is 9.59 Å². The van der Waals surface area contributed by atoms with Crippen LogP contribution in [-0.2, 0) is 9.59 Å². The second-order valence-corrected chi connectivity index (χ2v) is 9.54. The Morgan fingerprint density at radius 2 is 1.06 bits per heavy atom. The summed E-state index contributed by atoms with van der Waals surface area (Å²) in [6, 6.07) is 33.9. The lowest BCUT2D eigenvalue weighted by molar-refractivity contribution is -0.138. The number of carbonyl (C=O) groups excluding carboxylic acids is 2. The van der Waals surface area contributed by atoms with Crippen molar-refractivity contribution in [3.05, 3.63) is 119 Å². The fourth-order valence-electron chi connectivity index (χ4n) is 6.46. The smallest absolute Gasteiger partial charge is 0.211 e. The molecule has 0 saturated heterocycles. The maximum atomic E-state index is 13.1. The first kappa shape index (κ1) is 18.2. The number of hydrogen-bond donors (Lipinski definition) is 0. The Balaban J connectivity index is 1.40. The zero-order valence-corrected chi connectivity index (χ0v) is 18.2. The zero-order valence-electron chi connectivity index (χ0n) is 18.2. The Bertz CT molecular complexity index is 1840. The van der Waals surface area contributed by atoms with Gasteiger partial charge >= 0.3 is 0 Å². The fourth-order valence-corrected chi connectivity index (χ4v) is 6.46. The molecule has 0 radical (unpaired) electrons. The van der Waals surface area contributed by atoms with E-state index in [-0.39, 0.29) is 11.6 Å². The van der Waals surface area contributed by atoms with Gasteiger partial charge in [-0.2, -0.15) is 0 Å². The first-order valence-electron chi connectivity index (χ1n) is 11.7. The van der Waals surface area contributed by atoms with Crippen LogP contribution in [0, 0.1) is 0 Å². The van der Waals surface area contributed by atoms with Crippen LogP contribution >= 0.6 is 0 Å². The molecule has 2 heteroatoms. The summed E-state index contributed by atoms with van der Waals surface area (Å²) in [5.41, 5.74) is 6.17. The number of rotatable bonds is 1. The van der Waals surface area contributed by atoms with E-state index in [4.69, 9.17) is 0 Å². The molecular weight excluding hydrogens is 416 g/mol. The SMILES string of the molecule is O=C1C(=O)C2c3ccccc3C1c1ccc(-c3ccc4ccc5cccc6ccc3c4c56)cc12. The normalized spacial score (nSPS) is 18.7. The van der Waals surface area contributed by atoms with Crippen molar-refractivity contribution in [2.75, 3.05) is 0 Å². The Labute approximate surface area is 195 Å². The van der Waals surface area contributed by atoms with Crippen molar-refractivity contribution in [2.24, 2.45) is 0 Å². The van der Waals surface area contributed by atoms with Crippen molar-refractivity contribution in [1.82, 2.24) is 0 Å². The highest BCUT2D eigenvalue weighted by molar-refractivity contribution is 6.45. The standard InChI is InChI=1S/C32H18O2/c33-31-29-22-6-1-2-7-23(22)30(32(31)34)26-16-20(12-15-25(26)29)21-13-10-19-9-8-17-4-3-5-18-11-14-24(21)28(19)27(17)18/h1-16,29-30H. The van der Waals surface area contributed by atoms with E-state index in [2.05, 4.69) is 72.8 Å². The second-order valence-electron chi connectivity index (χ2n) is 9.54. The Morgan fingerprint density at radius 3 is 1.79 bits per heavy atom. The van der Waals surface area contributed by atoms with Crippen molar-refractivity contribution < 1.29 is 9.59 Å². The highest BCUT2D eigenvalue weighted by Gasteiger charge is 2.48. The van der Waals surface area contributed by atoms with E-state index >= 15 is 0 Å². The third-order valence-corrected chi connectivity index (χ3v) is 7.93. The van der Waals surface area contributed by atoms with E-state index in [1.54, 1.807) is 0 Å². The molecule has 0 N–H and O–H groups in total. The topological polar surface area (TPSA) is 34.1 Å². The number of hydrogen-bond acceptors (Lipinski definition) is 2. The predicted octanol–water partition coefficient (Wildman–Crippen LogP) is 6.98. The van der Waals surface area contributed by atoms with Gasteiger partial charge in [0.15, 0.2) is 0 Å². The average molecular weight is 434 g/mol. The summed E-state index contributed by atoms with van der Waals surface area (Å²) < 4.78 is 0. The molecule has 0 heterocycles. The van der Waals surface area contributed by atoms with Crippen LogP contribution in [0.15, 0.2) is 97.1 Å². The van der Waals surface area contributed by atoms with Gasteiger partial charge in [0, 0.05) is 0 Å². The molecular formula is C32H18O2. The van der Waals surface area contributed by atoms with Gasteiger partial charge in [-0.3, -0.25) is 9.59 Å². The Kier molecular flexibility index (Phi) is 3.30. The van der Waals surface area contributed by atoms with Gasteiger partial charge in [0.05, 0.1) is 11.8 Å². The molecule has 2 nitrogen and oxygen atoms in total. The molecule has 2 unspecified atom stereocenters. The van der Waals surface area contributed by atoms with Gasteiger partial charge in [-0.15, -0.1) is 0 Å². The van der Waals surface area contributed by atoms with Crippen molar-refractivity contribution in [3.8, 4) is 11.1 Å². The Hall–Kier alpha value is -4.30. The van der Waals surface area contributed by atoms with Gasteiger partial charge in [0.2, 0.25) is 11.6 Å². The average Bonchev–Trinajstić information content (AvgIpc) is 2.88. The van der Waals surface area contributed by atoms with Crippen LogP contribution in [0.25, 0.3) is 43.4 Å². The molecule has 3 aliphatic rings. The fraction of sp³-hybridized carbons (Fsp3) is 0.0625. The molecule has 34 heavy (non-hydrogen) atoms. The molecule has 3 aliphatic carbocycles. The predicted molar refractivity (Wildman–Crippen MR) is 136 cm³/mol. The van der Waals surface area contributed by atoms with Crippen molar-refractivity contribution >= 4 is 43.9 Å². The third kappa shape index (κ3) is 2.11. The van der Waals surface area contributed by atoms with Gasteiger partial charge in [0.25, 0.3) is 0 Å².